The molecule has 0 spiro atoms. The van der Waals surface area contributed by atoms with E-state index < -0.39 is 0 Å². The number of oxime groups is 1. The number of benzene rings is 1. The van der Waals surface area contributed by atoms with Crippen LogP contribution >= 0.6 is 0 Å². The van der Waals surface area contributed by atoms with Gasteiger partial charge >= 0.3 is 0 Å². The molecule has 1 rings (SSSR count). The van der Waals surface area contributed by atoms with E-state index in [0.29, 0.717) is 5.56 Å². The molecule has 76 valence electrons. The highest BCUT2D eigenvalue weighted by atomic mass is 19.1. The highest BCUT2D eigenvalue weighted by molar-refractivity contribution is 5.79. The largest absolute Gasteiger partial charge is 0.390 e. The highest BCUT2D eigenvalue weighted by Gasteiger charge is 2.09. The van der Waals surface area contributed by atoms with E-state index in [9.17, 15) is 4.39 Å². The lowest BCUT2D eigenvalue weighted by molar-refractivity contribution is 0.00196. The fourth-order valence-electron chi connectivity index (χ4n) is 0.821. The Hall–Kier alpha value is -1.38. The summed E-state index contributed by atoms with van der Waals surface area (Å²) >= 11 is 0. The lowest BCUT2D eigenvalue weighted by atomic mass is 10.2. The summed E-state index contributed by atoms with van der Waals surface area (Å²) in [6.45, 7) is 5.64. The maximum absolute atomic E-state index is 13.1. The second kappa shape index (κ2) is 4.22. The summed E-state index contributed by atoms with van der Waals surface area (Å²) in [4.78, 5) is 5.09. The maximum atomic E-state index is 13.1. The van der Waals surface area contributed by atoms with Crippen molar-refractivity contribution in [1.29, 1.82) is 0 Å². The summed E-state index contributed by atoms with van der Waals surface area (Å²) in [5.74, 6) is -0.297. The van der Waals surface area contributed by atoms with Crippen molar-refractivity contribution in [2.24, 2.45) is 5.16 Å². The lowest BCUT2D eigenvalue weighted by Gasteiger charge is -2.14. The van der Waals surface area contributed by atoms with Crippen molar-refractivity contribution >= 4 is 6.21 Å². The minimum Gasteiger partial charge on any atom is -0.390 e. The zero-order chi connectivity index (χ0) is 10.6. The lowest BCUT2D eigenvalue weighted by Crippen LogP contribution is -2.15. The van der Waals surface area contributed by atoms with Crippen molar-refractivity contribution in [3.63, 3.8) is 0 Å². The fraction of sp³-hybridized carbons (Fsp3) is 0.364. The topological polar surface area (TPSA) is 21.6 Å². The van der Waals surface area contributed by atoms with Crippen molar-refractivity contribution in [3.05, 3.63) is 35.6 Å². The molecule has 0 heterocycles. The van der Waals surface area contributed by atoms with Gasteiger partial charge in [0.2, 0.25) is 0 Å². The Morgan fingerprint density at radius 2 is 1.93 bits per heavy atom. The average Bonchev–Trinajstić information content (AvgIpc) is 2.06. The molecule has 0 saturated heterocycles. The van der Waals surface area contributed by atoms with Crippen molar-refractivity contribution < 1.29 is 9.23 Å². The third-order valence-electron chi connectivity index (χ3n) is 1.42. The van der Waals surface area contributed by atoms with Gasteiger partial charge in [0.05, 0.1) is 6.21 Å². The van der Waals surface area contributed by atoms with Crippen molar-refractivity contribution in [2.75, 3.05) is 0 Å². The molecule has 14 heavy (non-hydrogen) atoms. The van der Waals surface area contributed by atoms with Gasteiger partial charge in [0.15, 0.2) is 0 Å². The van der Waals surface area contributed by atoms with Crippen LogP contribution in [0.15, 0.2) is 29.4 Å². The molecule has 0 unspecified atom stereocenters. The van der Waals surface area contributed by atoms with Gasteiger partial charge in [0.25, 0.3) is 0 Å². The molecule has 1 aromatic carbocycles. The van der Waals surface area contributed by atoms with Crippen LogP contribution in [0.25, 0.3) is 0 Å². The molecule has 1 aromatic rings. The van der Waals surface area contributed by atoms with Crippen LogP contribution < -0.4 is 0 Å². The van der Waals surface area contributed by atoms with E-state index in [4.69, 9.17) is 4.84 Å². The SMILES string of the molecule is CC(C)(C)ON=Cc1ccccc1F. The molecule has 0 N–H and O–H groups in total. The first-order chi connectivity index (χ1) is 6.49. The number of nitrogens with zero attached hydrogens (tertiary/aromatic N) is 1. The summed E-state index contributed by atoms with van der Waals surface area (Å²) in [6, 6.07) is 6.42. The predicted octanol–water partition coefficient (Wildman–Crippen LogP) is 2.97. The van der Waals surface area contributed by atoms with Crippen LogP contribution in [-0.4, -0.2) is 11.8 Å². The van der Waals surface area contributed by atoms with Crippen LogP contribution in [-0.2, 0) is 4.84 Å². The molecule has 0 radical (unpaired) electrons. The van der Waals surface area contributed by atoms with Gasteiger partial charge in [0, 0.05) is 5.56 Å². The number of hydrogen-bond acceptors (Lipinski definition) is 2. The molecule has 0 aliphatic heterocycles. The number of rotatable bonds is 2. The van der Waals surface area contributed by atoms with E-state index in [-0.39, 0.29) is 11.4 Å². The van der Waals surface area contributed by atoms with E-state index in [1.807, 2.05) is 20.8 Å². The fourth-order valence-corrected chi connectivity index (χ4v) is 0.821. The molecule has 0 amide bonds. The zero-order valence-corrected chi connectivity index (χ0v) is 8.62. The van der Waals surface area contributed by atoms with Gasteiger partial charge in [-0.1, -0.05) is 23.4 Å². The Balaban J connectivity index is 2.65. The standard InChI is InChI=1S/C11H14FNO/c1-11(2,3)14-13-8-9-6-4-5-7-10(9)12/h4-8H,1-3H3. The summed E-state index contributed by atoms with van der Waals surface area (Å²) in [5, 5.41) is 3.71. The molecular formula is C11H14FNO. The first-order valence-electron chi connectivity index (χ1n) is 4.45. The molecule has 2 nitrogen and oxygen atoms in total. The molecular weight excluding hydrogens is 181 g/mol. The smallest absolute Gasteiger partial charge is 0.132 e. The van der Waals surface area contributed by atoms with E-state index in [1.54, 1.807) is 18.2 Å². The molecule has 0 saturated carbocycles. The normalized spacial score (nSPS) is 12.0. The van der Waals surface area contributed by atoms with Crippen molar-refractivity contribution in [3.8, 4) is 0 Å². The van der Waals surface area contributed by atoms with Gasteiger partial charge in [0.1, 0.15) is 11.4 Å². The third kappa shape index (κ3) is 3.56. The monoisotopic (exact) mass is 195 g/mol. The quantitative estimate of drug-likeness (QED) is 0.525. The molecule has 0 fully saturated rings. The zero-order valence-electron chi connectivity index (χ0n) is 8.62. The summed E-state index contributed by atoms with van der Waals surface area (Å²) < 4.78 is 13.1. The first kappa shape index (κ1) is 10.7. The molecule has 0 aliphatic carbocycles. The van der Waals surface area contributed by atoms with E-state index in [1.165, 1.54) is 12.3 Å². The van der Waals surface area contributed by atoms with Gasteiger partial charge in [-0.05, 0) is 26.8 Å². The number of halogens is 1. The Kier molecular flexibility index (Phi) is 3.23. The van der Waals surface area contributed by atoms with Gasteiger partial charge < -0.3 is 4.84 Å². The van der Waals surface area contributed by atoms with Gasteiger partial charge in [-0.25, -0.2) is 4.39 Å². The molecule has 3 heteroatoms. The van der Waals surface area contributed by atoms with Crippen LogP contribution in [0.4, 0.5) is 4.39 Å². The van der Waals surface area contributed by atoms with Gasteiger partial charge in [-0.2, -0.15) is 0 Å². The van der Waals surface area contributed by atoms with Crippen LogP contribution in [0, 0.1) is 5.82 Å². The Morgan fingerprint density at radius 3 is 2.50 bits per heavy atom. The molecule has 0 atom stereocenters. The minimum absolute atomic E-state index is 0.297. The Bertz CT molecular complexity index is 328. The van der Waals surface area contributed by atoms with E-state index in [2.05, 4.69) is 5.16 Å². The Labute approximate surface area is 83.4 Å². The minimum atomic E-state index is -0.345. The van der Waals surface area contributed by atoms with Crippen molar-refractivity contribution in [1.82, 2.24) is 0 Å². The number of hydrogen-bond donors (Lipinski definition) is 0. The average molecular weight is 195 g/mol. The van der Waals surface area contributed by atoms with Crippen LogP contribution in [0.3, 0.4) is 0 Å². The third-order valence-corrected chi connectivity index (χ3v) is 1.42. The summed E-state index contributed by atoms with van der Waals surface area (Å²) in [7, 11) is 0. The van der Waals surface area contributed by atoms with Crippen LogP contribution in [0.5, 0.6) is 0 Å². The second-order valence-corrected chi connectivity index (χ2v) is 3.96. The van der Waals surface area contributed by atoms with E-state index >= 15 is 0 Å². The van der Waals surface area contributed by atoms with Gasteiger partial charge in [-0.15, -0.1) is 0 Å². The summed E-state index contributed by atoms with van der Waals surface area (Å²) in [5.41, 5.74) is 0.0821. The first-order valence-corrected chi connectivity index (χ1v) is 4.45. The molecule has 0 bridgehead atoms. The van der Waals surface area contributed by atoms with Crippen LogP contribution in [0.2, 0.25) is 0 Å². The van der Waals surface area contributed by atoms with Gasteiger partial charge in [-0.3, -0.25) is 0 Å². The van der Waals surface area contributed by atoms with E-state index in [0.717, 1.165) is 0 Å². The highest BCUT2D eigenvalue weighted by Crippen LogP contribution is 2.08. The molecule has 0 aromatic heterocycles. The Morgan fingerprint density at radius 1 is 1.29 bits per heavy atom. The van der Waals surface area contributed by atoms with Crippen LogP contribution in [0.1, 0.15) is 26.3 Å². The predicted molar refractivity (Wildman–Crippen MR) is 54.8 cm³/mol. The summed E-state index contributed by atoms with van der Waals surface area (Å²) in [6.07, 6.45) is 1.38. The van der Waals surface area contributed by atoms with Crippen molar-refractivity contribution in [2.45, 2.75) is 26.4 Å². The molecule has 0 aliphatic rings. The second-order valence-electron chi connectivity index (χ2n) is 3.96. The maximum Gasteiger partial charge on any atom is 0.132 e.